The first-order chi connectivity index (χ1) is 16.6. The van der Waals surface area contributed by atoms with Crippen LogP contribution in [0.1, 0.15) is 60.9 Å². The van der Waals surface area contributed by atoms with Crippen LogP contribution in [-0.4, -0.2) is 43.0 Å². The van der Waals surface area contributed by atoms with Crippen LogP contribution in [-0.2, 0) is 9.53 Å². The van der Waals surface area contributed by atoms with Crippen molar-refractivity contribution in [3.8, 4) is 0 Å². The van der Waals surface area contributed by atoms with Gasteiger partial charge >= 0.3 is 0 Å². The maximum absolute atomic E-state index is 13.5. The second kappa shape index (κ2) is 17.4. The van der Waals surface area contributed by atoms with Crippen LogP contribution in [0.2, 0.25) is 0 Å². The van der Waals surface area contributed by atoms with Crippen molar-refractivity contribution in [1.82, 2.24) is 5.32 Å². The van der Waals surface area contributed by atoms with Gasteiger partial charge in [-0.2, -0.15) is 8.78 Å². The van der Waals surface area contributed by atoms with E-state index in [1.807, 2.05) is 27.7 Å². The Morgan fingerprint density at radius 2 is 1.97 bits per heavy atom. The average Bonchev–Trinajstić information content (AvgIpc) is 2.83. The first-order valence-corrected chi connectivity index (χ1v) is 11.8. The summed E-state index contributed by atoms with van der Waals surface area (Å²) in [6, 6.07) is 6.16. The lowest BCUT2D eigenvalue weighted by Gasteiger charge is -2.12. The molecule has 1 amide bonds. The van der Waals surface area contributed by atoms with Gasteiger partial charge in [-0.05, 0) is 37.6 Å². The van der Waals surface area contributed by atoms with Crippen molar-refractivity contribution >= 4 is 23.0 Å². The minimum atomic E-state index is -3.30. The fourth-order valence-corrected chi connectivity index (χ4v) is 2.75. The van der Waals surface area contributed by atoms with Crippen LogP contribution in [0.3, 0.4) is 0 Å². The fourth-order valence-electron chi connectivity index (χ4n) is 2.75. The molecule has 1 aromatic rings. The number of nitrogens with one attached hydrogen (secondary N) is 2. The van der Waals surface area contributed by atoms with Crippen LogP contribution in [0.5, 0.6) is 0 Å². The molecule has 1 rings (SSSR count). The number of alkyl halides is 2. The Hall–Kier alpha value is -3.00. The van der Waals surface area contributed by atoms with Crippen molar-refractivity contribution < 1.29 is 24.1 Å². The number of halogens is 3. The van der Waals surface area contributed by atoms with E-state index in [-0.39, 0.29) is 26.0 Å². The van der Waals surface area contributed by atoms with E-state index in [2.05, 4.69) is 16.9 Å². The summed E-state index contributed by atoms with van der Waals surface area (Å²) >= 11 is 0. The average molecular weight is 496 g/mol. The summed E-state index contributed by atoms with van der Waals surface area (Å²) in [5.74, 6) is -4.13. The molecule has 0 atom stereocenters. The van der Waals surface area contributed by atoms with E-state index in [1.54, 1.807) is 24.3 Å². The highest BCUT2D eigenvalue weighted by Gasteiger charge is 2.27. The predicted octanol–water partition coefficient (Wildman–Crippen LogP) is 7.01. The molecule has 0 aliphatic rings. The number of hydrogen-bond acceptors (Lipinski definition) is 4. The molecule has 0 heterocycles. The SMILES string of the molecule is C=CC(CCOCCNC(=O)/C(=C/C(=N)C(C)(F)F)CCC)=N/C(=C/C)c1cccc(F)c1.CC.[HH]. The summed E-state index contributed by atoms with van der Waals surface area (Å²) in [6.45, 7) is 12.8. The number of aliphatic imine (C=N–C) groups is 1. The van der Waals surface area contributed by atoms with Gasteiger partial charge in [0, 0.05) is 38.2 Å². The summed E-state index contributed by atoms with van der Waals surface area (Å²) in [7, 11) is 0. The molecule has 1 aromatic carbocycles. The number of benzene rings is 1. The van der Waals surface area contributed by atoms with Crippen LogP contribution >= 0.6 is 0 Å². The van der Waals surface area contributed by atoms with Gasteiger partial charge in [0.15, 0.2) is 0 Å². The zero-order chi connectivity index (χ0) is 26.9. The van der Waals surface area contributed by atoms with Crippen LogP contribution in [0.25, 0.3) is 5.70 Å². The van der Waals surface area contributed by atoms with Crippen molar-refractivity contribution in [1.29, 1.82) is 5.41 Å². The second-order valence-corrected chi connectivity index (χ2v) is 7.33. The Morgan fingerprint density at radius 1 is 1.29 bits per heavy atom. The first kappa shape index (κ1) is 32.0. The first-order valence-electron chi connectivity index (χ1n) is 11.8. The molecule has 35 heavy (non-hydrogen) atoms. The monoisotopic (exact) mass is 495 g/mol. The van der Waals surface area contributed by atoms with Crippen LogP contribution < -0.4 is 5.32 Å². The van der Waals surface area contributed by atoms with Gasteiger partial charge in [0.25, 0.3) is 5.92 Å². The zero-order valence-corrected chi connectivity index (χ0v) is 21.4. The lowest BCUT2D eigenvalue weighted by atomic mass is 10.1. The van der Waals surface area contributed by atoms with Gasteiger partial charge in [-0.25, -0.2) is 4.39 Å². The molecular formula is C27H40F3N3O2. The van der Waals surface area contributed by atoms with Crippen molar-refractivity contribution in [2.75, 3.05) is 19.8 Å². The van der Waals surface area contributed by atoms with E-state index in [1.165, 1.54) is 12.1 Å². The number of amides is 1. The Bertz CT molecular complexity index is 923. The van der Waals surface area contributed by atoms with Crippen molar-refractivity contribution in [2.45, 2.75) is 59.8 Å². The van der Waals surface area contributed by atoms with Gasteiger partial charge in [0.2, 0.25) is 5.91 Å². The van der Waals surface area contributed by atoms with Gasteiger partial charge in [0.05, 0.1) is 18.9 Å². The Morgan fingerprint density at radius 3 is 2.51 bits per heavy atom. The van der Waals surface area contributed by atoms with E-state index in [0.29, 0.717) is 49.8 Å². The van der Waals surface area contributed by atoms with E-state index < -0.39 is 17.5 Å². The molecule has 196 valence electrons. The van der Waals surface area contributed by atoms with E-state index in [4.69, 9.17) is 10.1 Å². The molecular weight excluding hydrogens is 455 g/mol. The molecule has 0 saturated heterocycles. The van der Waals surface area contributed by atoms with Gasteiger partial charge < -0.3 is 10.1 Å². The third-order valence-corrected chi connectivity index (χ3v) is 4.53. The number of carbonyl (C=O) groups is 1. The molecule has 0 aliphatic carbocycles. The van der Waals surface area contributed by atoms with Crippen molar-refractivity contribution in [3.05, 3.63) is 66.0 Å². The third-order valence-electron chi connectivity index (χ3n) is 4.53. The Kier molecular flexibility index (Phi) is 15.9. The zero-order valence-electron chi connectivity index (χ0n) is 21.4. The molecule has 0 radical (unpaired) electrons. The number of allylic oxidation sites excluding steroid dienone is 3. The lowest BCUT2D eigenvalue weighted by molar-refractivity contribution is -0.117. The highest BCUT2D eigenvalue weighted by atomic mass is 19.3. The highest BCUT2D eigenvalue weighted by Crippen LogP contribution is 2.18. The molecule has 0 unspecified atom stereocenters. The van der Waals surface area contributed by atoms with Crippen LogP contribution in [0.15, 0.2) is 59.6 Å². The quantitative estimate of drug-likeness (QED) is 0.165. The molecule has 8 heteroatoms. The summed E-state index contributed by atoms with van der Waals surface area (Å²) in [5, 5.41) is 10.0. The Balaban J connectivity index is 0. The standard InChI is InChI=1S/C25H32F3N3O2.C2H6.H2/c1-5-9-19(17-23(29)25(4,27)28)24(32)30-13-15-33-14-12-21(6-2)31-22(7-3)18-10-8-11-20(26)16-18;1-2;/h6-8,10-11,16-17,29H,2,5,9,12-15H2,1,3-4H3,(H,30,32);1-2H3;1H/b19-17+,22-7+,29-23?,31-21?;;. The van der Waals surface area contributed by atoms with Crippen molar-refractivity contribution in [2.24, 2.45) is 4.99 Å². The topological polar surface area (TPSA) is 74.5 Å². The number of rotatable bonds is 14. The summed E-state index contributed by atoms with van der Waals surface area (Å²) in [5.41, 5.74) is 1.19. The molecule has 0 aromatic heterocycles. The molecule has 0 fully saturated rings. The molecule has 2 N–H and O–H groups in total. The molecule has 5 nitrogen and oxygen atoms in total. The maximum atomic E-state index is 13.5. The largest absolute Gasteiger partial charge is 0.379 e. The van der Waals surface area contributed by atoms with E-state index in [9.17, 15) is 18.0 Å². The number of carbonyl (C=O) groups excluding carboxylic acids is 1. The third kappa shape index (κ3) is 12.9. The minimum absolute atomic E-state index is 0. The summed E-state index contributed by atoms with van der Waals surface area (Å²) in [4.78, 5) is 16.8. The van der Waals surface area contributed by atoms with E-state index in [0.717, 1.165) is 6.08 Å². The van der Waals surface area contributed by atoms with E-state index >= 15 is 0 Å². The molecule has 0 spiro atoms. The normalized spacial score (nSPS) is 12.5. The fraction of sp³-hybridized carbons (Fsp3) is 0.444. The minimum Gasteiger partial charge on any atom is -0.379 e. The van der Waals surface area contributed by atoms with Gasteiger partial charge in [-0.15, -0.1) is 0 Å². The highest BCUT2D eigenvalue weighted by molar-refractivity contribution is 6.05. The lowest BCUT2D eigenvalue weighted by Crippen LogP contribution is -2.30. The van der Waals surface area contributed by atoms with Crippen molar-refractivity contribution in [3.63, 3.8) is 0 Å². The molecule has 0 saturated carbocycles. The maximum Gasteiger partial charge on any atom is 0.286 e. The number of ether oxygens (including phenoxy) is 1. The summed E-state index contributed by atoms with van der Waals surface area (Å²) in [6.07, 6.45) is 5.67. The van der Waals surface area contributed by atoms with Crippen LogP contribution in [0, 0.1) is 11.2 Å². The van der Waals surface area contributed by atoms with Gasteiger partial charge in [0.1, 0.15) is 11.5 Å². The number of nitrogens with zero attached hydrogens (tertiary/aromatic N) is 1. The predicted molar refractivity (Wildman–Crippen MR) is 141 cm³/mol. The van der Waals surface area contributed by atoms with Gasteiger partial charge in [-0.1, -0.05) is 52.0 Å². The van der Waals surface area contributed by atoms with Crippen LogP contribution in [0.4, 0.5) is 13.2 Å². The smallest absolute Gasteiger partial charge is 0.286 e. The summed E-state index contributed by atoms with van der Waals surface area (Å²) < 4.78 is 45.5. The van der Waals surface area contributed by atoms with Gasteiger partial charge in [-0.3, -0.25) is 15.2 Å². The molecule has 0 bridgehead atoms. The molecule has 0 aliphatic heterocycles. The second-order valence-electron chi connectivity index (χ2n) is 7.33. The number of hydrogen-bond donors (Lipinski definition) is 2. The Labute approximate surface area is 208 Å².